The first kappa shape index (κ1) is 16.7. The zero-order chi connectivity index (χ0) is 17.8. The SMILES string of the molecule is O=C(O)CNC(=O)Cc1ccc(NC(=O)C2Cc3ccccc32)cc1. The van der Waals surface area contributed by atoms with Crippen molar-refractivity contribution in [1.82, 2.24) is 5.32 Å². The molecule has 0 fully saturated rings. The molecular weight excluding hydrogens is 320 g/mol. The molecule has 0 aromatic heterocycles. The molecule has 0 saturated carbocycles. The van der Waals surface area contributed by atoms with Gasteiger partial charge >= 0.3 is 5.97 Å². The maximum absolute atomic E-state index is 12.3. The number of aliphatic carboxylic acids is 1. The molecule has 0 aliphatic heterocycles. The van der Waals surface area contributed by atoms with Crippen molar-refractivity contribution in [3.05, 3.63) is 65.2 Å². The Morgan fingerprint density at radius 3 is 2.44 bits per heavy atom. The van der Waals surface area contributed by atoms with Gasteiger partial charge in [0.2, 0.25) is 11.8 Å². The molecule has 3 rings (SSSR count). The van der Waals surface area contributed by atoms with Crippen LogP contribution < -0.4 is 10.6 Å². The zero-order valence-electron chi connectivity index (χ0n) is 13.5. The van der Waals surface area contributed by atoms with Gasteiger partial charge < -0.3 is 15.7 Å². The van der Waals surface area contributed by atoms with Gasteiger partial charge in [0.1, 0.15) is 6.54 Å². The molecule has 0 spiro atoms. The van der Waals surface area contributed by atoms with Crippen LogP contribution in [0.3, 0.4) is 0 Å². The zero-order valence-corrected chi connectivity index (χ0v) is 13.5. The van der Waals surface area contributed by atoms with Crippen LogP contribution in [0.25, 0.3) is 0 Å². The van der Waals surface area contributed by atoms with Gasteiger partial charge in [-0.1, -0.05) is 36.4 Å². The van der Waals surface area contributed by atoms with Gasteiger partial charge in [0.15, 0.2) is 0 Å². The van der Waals surface area contributed by atoms with Crippen LogP contribution in [0.2, 0.25) is 0 Å². The van der Waals surface area contributed by atoms with Crippen molar-refractivity contribution in [2.24, 2.45) is 0 Å². The highest BCUT2D eigenvalue weighted by molar-refractivity contribution is 5.97. The Morgan fingerprint density at radius 2 is 1.76 bits per heavy atom. The van der Waals surface area contributed by atoms with Gasteiger partial charge in [-0.05, 0) is 35.2 Å². The summed E-state index contributed by atoms with van der Waals surface area (Å²) < 4.78 is 0. The molecule has 128 valence electrons. The Bertz CT molecular complexity index is 814. The molecule has 0 saturated heterocycles. The smallest absolute Gasteiger partial charge is 0.322 e. The van der Waals surface area contributed by atoms with Crippen molar-refractivity contribution in [3.8, 4) is 0 Å². The normalized spacial score (nSPS) is 14.8. The van der Waals surface area contributed by atoms with Crippen LogP contribution in [0.15, 0.2) is 48.5 Å². The summed E-state index contributed by atoms with van der Waals surface area (Å²) in [6.07, 6.45) is 0.849. The molecular formula is C19H18N2O4. The summed E-state index contributed by atoms with van der Waals surface area (Å²) in [7, 11) is 0. The number of carboxylic acid groups (broad SMARTS) is 1. The summed E-state index contributed by atoms with van der Waals surface area (Å²) >= 11 is 0. The Balaban J connectivity index is 1.54. The lowest BCUT2D eigenvalue weighted by atomic mass is 9.77. The van der Waals surface area contributed by atoms with E-state index in [1.807, 2.05) is 24.3 Å². The average molecular weight is 338 g/mol. The Kier molecular flexibility index (Phi) is 4.79. The van der Waals surface area contributed by atoms with Crippen molar-refractivity contribution in [2.75, 3.05) is 11.9 Å². The van der Waals surface area contributed by atoms with E-state index in [2.05, 4.69) is 10.6 Å². The Hall–Kier alpha value is -3.15. The molecule has 1 aliphatic carbocycles. The molecule has 1 unspecified atom stereocenters. The number of benzene rings is 2. The van der Waals surface area contributed by atoms with Gasteiger partial charge in [-0.2, -0.15) is 0 Å². The maximum Gasteiger partial charge on any atom is 0.322 e. The number of carboxylic acids is 1. The molecule has 2 aromatic rings. The van der Waals surface area contributed by atoms with E-state index in [0.717, 1.165) is 17.5 Å². The fourth-order valence-electron chi connectivity index (χ4n) is 2.85. The third kappa shape index (κ3) is 4.03. The van der Waals surface area contributed by atoms with E-state index >= 15 is 0 Å². The molecule has 6 heteroatoms. The number of anilines is 1. The van der Waals surface area contributed by atoms with Gasteiger partial charge in [0.05, 0.1) is 12.3 Å². The molecule has 0 bridgehead atoms. The van der Waals surface area contributed by atoms with Crippen molar-refractivity contribution in [1.29, 1.82) is 0 Å². The van der Waals surface area contributed by atoms with E-state index in [9.17, 15) is 14.4 Å². The van der Waals surface area contributed by atoms with Crippen LogP contribution in [0.5, 0.6) is 0 Å². The van der Waals surface area contributed by atoms with Crippen LogP contribution in [-0.2, 0) is 27.2 Å². The minimum atomic E-state index is -1.08. The van der Waals surface area contributed by atoms with Crippen LogP contribution in [0, 0.1) is 0 Å². The maximum atomic E-state index is 12.3. The largest absolute Gasteiger partial charge is 0.480 e. The van der Waals surface area contributed by atoms with Gasteiger partial charge in [-0.25, -0.2) is 0 Å². The van der Waals surface area contributed by atoms with E-state index in [1.54, 1.807) is 24.3 Å². The van der Waals surface area contributed by atoms with Crippen molar-refractivity contribution < 1.29 is 19.5 Å². The summed E-state index contributed by atoms with van der Waals surface area (Å²) in [6.45, 7) is -0.393. The quantitative estimate of drug-likeness (QED) is 0.747. The van der Waals surface area contributed by atoms with Crippen LogP contribution in [0.1, 0.15) is 22.6 Å². The minimum Gasteiger partial charge on any atom is -0.480 e. The van der Waals surface area contributed by atoms with Gasteiger partial charge in [-0.15, -0.1) is 0 Å². The lowest BCUT2D eigenvalue weighted by molar-refractivity contribution is -0.137. The second-order valence-corrected chi connectivity index (χ2v) is 5.99. The molecule has 1 atom stereocenters. The minimum absolute atomic E-state index is 0.0364. The predicted molar refractivity (Wildman–Crippen MR) is 92.3 cm³/mol. The first-order valence-electron chi connectivity index (χ1n) is 7.99. The van der Waals surface area contributed by atoms with Gasteiger partial charge in [0, 0.05) is 5.69 Å². The standard InChI is InChI=1S/C19H18N2O4/c22-17(20-11-18(23)24)9-12-5-7-14(8-6-12)21-19(25)16-10-13-3-1-2-4-15(13)16/h1-8,16H,9-11H2,(H,20,22)(H,21,25)(H,23,24). The number of amides is 2. The fraction of sp³-hybridized carbons (Fsp3) is 0.211. The second-order valence-electron chi connectivity index (χ2n) is 5.99. The lowest BCUT2D eigenvalue weighted by Gasteiger charge is -2.28. The van der Waals surface area contributed by atoms with Gasteiger partial charge in [-0.3, -0.25) is 14.4 Å². The molecule has 2 aromatic carbocycles. The number of carbonyl (C=O) groups excluding carboxylic acids is 2. The topological polar surface area (TPSA) is 95.5 Å². The summed E-state index contributed by atoms with van der Waals surface area (Å²) in [6, 6.07) is 14.9. The summed E-state index contributed by atoms with van der Waals surface area (Å²) in [4.78, 5) is 34.3. The monoisotopic (exact) mass is 338 g/mol. The van der Waals surface area contributed by atoms with Gasteiger partial charge in [0.25, 0.3) is 0 Å². The van der Waals surface area contributed by atoms with Crippen molar-refractivity contribution in [2.45, 2.75) is 18.8 Å². The van der Waals surface area contributed by atoms with Crippen molar-refractivity contribution in [3.63, 3.8) is 0 Å². The number of nitrogens with one attached hydrogen (secondary N) is 2. The van der Waals surface area contributed by atoms with Crippen LogP contribution >= 0.6 is 0 Å². The number of hydrogen-bond donors (Lipinski definition) is 3. The van der Waals surface area contributed by atoms with Crippen LogP contribution in [-0.4, -0.2) is 29.4 Å². The van der Waals surface area contributed by atoms with E-state index in [1.165, 1.54) is 5.56 Å². The Labute approximate surface area is 144 Å². The molecule has 3 N–H and O–H groups in total. The third-order valence-corrected chi connectivity index (χ3v) is 4.19. The average Bonchev–Trinajstić information content (AvgIpc) is 2.56. The first-order valence-corrected chi connectivity index (χ1v) is 7.99. The second kappa shape index (κ2) is 7.17. The molecule has 0 radical (unpaired) electrons. The molecule has 1 aliphatic rings. The summed E-state index contributed by atoms with van der Waals surface area (Å²) in [5.41, 5.74) is 3.70. The third-order valence-electron chi connectivity index (χ3n) is 4.19. The van der Waals surface area contributed by atoms with Crippen LogP contribution in [0.4, 0.5) is 5.69 Å². The number of rotatable bonds is 6. The predicted octanol–water partition coefficient (Wildman–Crippen LogP) is 1.71. The number of fused-ring (bicyclic) bond motifs is 1. The highest BCUT2D eigenvalue weighted by Crippen LogP contribution is 2.35. The molecule has 2 amide bonds. The fourth-order valence-corrected chi connectivity index (χ4v) is 2.85. The lowest BCUT2D eigenvalue weighted by Crippen LogP contribution is -2.30. The number of hydrogen-bond acceptors (Lipinski definition) is 3. The van der Waals surface area contributed by atoms with Crippen molar-refractivity contribution >= 4 is 23.5 Å². The number of carbonyl (C=O) groups is 3. The highest BCUT2D eigenvalue weighted by Gasteiger charge is 2.31. The first-order chi connectivity index (χ1) is 12.0. The van der Waals surface area contributed by atoms with E-state index in [-0.39, 0.29) is 24.2 Å². The highest BCUT2D eigenvalue weighted by atomic mass is 16.4. The summed E-state index contributed by atoms with van der Waals surface area (Å²) in [5, 5.41) is 13.7. The van der Waals surface area contributed by atoms with E-state index < -0.39 is 12.5 Å². The molecule has 6 nitrogen and oxygen atoms in total. The van der Waals surface area contributed by atoms with E-state index in [4.69, 9.17) is 5.11 Å². The summed E-state index contributed by atoms with van der Waals surface area (Å²) in [5.74, 6) is -1.59. The molecule has 25 heavy (non-hydrogen) atoms. The Morgan fingerprint density at radius 1 is 1.04 bits per heavy atom. The van der Waals surface area contributed by atoms with E-state index in [0.29, 0.717) is 5.69 Å². The molecule has 0 heterocycles.